The van der Waals surface area contributed by atoms with Gasteiger partial charge < -0.3 is 15.2 Å². The van der Waals surface area contributed by atoms with E-state index in [2.05, 4.69) is 11.9 Å². The lowest BCUT2D eigenvalue weighted by atomic mass is 10.1. The van der Waals surface area contributed by atoms with Crippen LogP contribution < -0.4 is 10.1 Å². The molecule has 0 amide bonds. The third kappa shape index (κ3) is 4.28. The lowest BCUT2D eigenvalue weighted by Crippen LogP contribution is -2.22. The molecule has 0 aliphatic heterocycles. The molecule has 4 heteroatoms. The average Bonchev–Trinajstić information content (AvgIpc) is 2.34. The molecule has 0 aromatic heterocycles. The lowest BCUT2D eigenvalue weighted by molar-refractivity contribution is -0.132. The zero-order chi connectivity index (χ0) is 12.7. The topological polar surface area (TPSA) is 58.6 Å². The number of carboxylic acids is 1. The largest absolute Gasteiger partial charge is 0.496 e. The summed E-state index contributed by atoms with van der Waals surface area (Å²) in [5.74, 6) is -0.110. The van der Waals surface area contributed by atoms with Gasteiger partial charge >= 0.3 is 5.97 Å². The van der Waals surface area contributed by atoms with Gasteiger partial charge in [-0.25, -0.2) is 4.79 Å². The Morgan fingerprint density at radius 1 is 1.47 bits per heavy atom. The molecule has 0 heterocycles. The second kappa shape index (κ2) is 6.70. The summed E-state index contributed by atoms with van der Waals surface area (Å²) in [6, 6.07) is 7.77. The van der Waals surface area contributed by atoms with Gasteiger partial charge in [0.2, 0.25) is 0 Å². The molecule has 92 valence electrons. The fourth-order valence-corrected chi connectivity index (χ4v) is 1.45. The van der Waals surface area contributed by atoms with Crippen LogP contribution in [0, 0.1) is 0 Å². The Morgan fingerprint density at radius 3 is 2.82 bits per heavy atom. The Labute approximate surface area is 101 Å². The van der Waals surface area contributed by atoms with Crippen molar-refractivity contribution < 1.29 is 14.6 Å². The first-order chi connectivity index (χ1) is 8.15. The lowest BCUT2D eigenvalue weighted by Gasteiger charge is -2.08. The van der Waals surface area contributed by atoms with E-state index in [0.717, 1.165) is 17.7 Å². The van der Waals surface area contributed by atoms with Crippen LogP contribution in [0.25, 0.3) is 0 Å². The first kappa shape index (κ1) is 13.3. The van der Waals surface area contributed by atoms with Crippen LogP contribution in [0.1, 0.15) is 5.56 Å². The highest BCUT2D eigenvalue weighted by Crippen LogP contribution is 2.17. The zero-order valence-electron chi connectivity index (χ0n) is 9.90. The Bertz CT molecular complexity index is 401. The normalized spacial score (nSPS) is 9.94. The molecule has 0 aliphatic carbocycles. The number of nitrogens with one attached hydrogen (secondary N) is 1. The highest BCUT2D eigenvalue weighted by atomic mass is 16.5. The van der Waals surface area contributed by atoms with Crippen molar-refractivity contribution in [1.82, 2.24) is 5.32 Å². The number of ether oxygens (including phenoxy) is 1. The van der Waals surface area contributed by atoms with Gasteiger partial charge in [0.25, 0.3) is 0 Å². The molecule has 0 saturated heterocycles. The standard InChI is InChI=1S/C13H17NO3/c1-10(13(15)16)9-14-8-7-11-5-3-4-6-12(11)17-2/h3-6,14H,1,7-9H2,2H3,(H,15,16). The number of benzene rings is 1. The van der Waals surface area contributed by atoms with Crippen molar-refractivity contribution in [2.45, 2.75) is 6.42 Å². The fraction of sp³-hybridized carbons (Fsp3) is 0.308. The molecule has 0 unspecified atom stereocenters. The van der Waals surface area contributed by atoms with E-state index < -0.39 is 5.97 Å². The molecular formula is C13H17NO3. The second-order valence-electron chi connectivity index (χ2n) is 3.65. The van der Waals surface area contributed by atoms with Crippen LogP contribution in [-0.2, 0) is 11.2 Å². The van der Waals surface area contributed by atoms with E-state index in [1.54, 1.807) is 7.11 Å². The van der Waals surface area contributed by atoms with E-state index in [-0.39, 0.29) is 5.57 Å². The van der Waals surface area contributed by atoms with E-state index in [4.69, 9.17) is 9.84 Å². The van der Waals surface area contributed by atoms with E-state index in [1.807, 2.05) is 24.3 Å². The summed E-state index contributed by atoms with van der Waals surface area (Å²) in [4.78, 5) is 10.5. The molecular weight excluding hydrogens is 218 g/mol. The van der Waals surface area contributed by atoms with Crippen LogP contribution in [0.3, 0.4) is 0 Å². The van der Waals surface area contributed by atoms with E-state index in [9.17, 15) is 4.79 Å². The van der Waals surface area contributed by atoms with Crippen LogP contribution in [0.5, 0.6) is 5.75 Å². The van der Waals surface area contributed by atoms with Crippen molar-refractivity contribution in [1.29, 1.82) is 0 Å². The molecule has 1 rings (SSSR count). The Morgan fingerprint density at radius 2 is 2.18 bits per heavy atom. The first-order valence-corrected chi connectivity index (χ1v) is 5.39. The summed E-state index contributed by atoms with van der Waals surface area (Å²) < 4.78 is 5.22. The van der Waals surface area contributed by atoms with Gasteiger partial charge in [-0.2, -0.15) is 0 Å². The number of carboxylic acid groups (broad SMARTS) is 1. The van der Waals surface area contributed by atoms with Gasteiger partial charge in [-0.15, -0.1) is 0 Å². The Hall–Kier alpha value is -1.81. The molecule has 0 radical (unpaired) electrons. The van der Waals surface area contributed by atoms with Crippen LogP contribution in [-0.4, -0.2) is 31.3 Å². The van der Waals surface area contributed by atoms with Crippen molar-refractivity contribution in [2.75, 3.05) is 20.2 Å². The van der Waals surface area contributed by atoms with Crippen molar-refractivity contribution in [3.8, 4) is 5.75 Å². The molecule has 0 fully saturated rings. The van der Waals surface area contributed by atoms with Gasteiger partial charge in [-0.3, -0.25) is 0 Å². The number of hydrogen-bond donors (Lipinski definition) is 2. The van der Waals surface area contributed by atoms with Gasteiger partial charge in [0.15, 0.2) is 0 Å². The molecule has 1 aromatic rings. The second-order valence-corrected chi connectivity index (χ2v) is 3.65. The summed E-state index contributed by atoms with van der Waals surface area (Å²) in [6.07, 6.45) is 0.789. The maximum atomic E-state index is 10.5. The molecule has 4 nitrogen and oxygen atoms in total. The SMILES string of the molecule is C=C(CNCCc1ccccc1OC)C(=O)O. The Kier molecular flexibility index (Phi) is 5.23. The predicted octanol–water partition coefficient (Wildman–Crippen LogP) is 1.47. The van der Waals surface area contributed by atoms with Gasteiger partial charge in [0.1, 0.15) is 5.75 Å². The predicted molar refractivity (Wildman–Crippen MR) is 66.3 cm³/mol. The monoisotopic (exact) mass is 235 g/mol. The molecule has 0 saturated carbocycles. The smallest absolute Gasteiger partial charge is 0.332 e. The summed E-state index contributed by atoms with van der Waals surface area (Å²) in [5, 5.41) is 11.7. The van der Waals surface area contributed by atoms with E-state index in [0.29, 0.717) is 13.1 Å². The van der Waals surface area contributed by atoms with Gasteiger partial charge in [-0.05, 0) is 24.6 Å². The van der Waals surface area contributed by atoms with Gasteiger partial charge in [0.05, 0.1) is 7.11 Å². The van der Waals surface area contributed by atoms with Crippen LogP contribution in [0.2, 0.25) is 0 Å². The van der Waals surface area contributed by atoms with Gasteiger partial charge in [-0.1, -0.05) is 24.8 Å². The number of hydrogen-bond acceptors (Lipinski definition) is 3. The minimum atomic E-state index is -0.963. The zero-order valence-corrected chi connectivity index (χ0v) is 9.90. The van der Waals surface area contributed by atoms with E-state index in [1.165, 1.54) is 0 Å². The molecule has 0 bridgehead atoms. The minimum Gasteiger partial charge on any atom is -0.496 e. The highest BCUT2D eigenvalue weighted by molar-refractivity contribution is 5.86. The van der Waals surface area contributed by atoms with Crippen molar-refractivity contribution in [3.63, 3.8) is 0 Å². The van der Waals surface area contributed by atoms with Crippen molar-refractivity contribution in [3.05, 3.63) is 42.0 Å². The summed E-state index contributed by atoms with van der Waals surface area (Å²) in [5.41, 5.74) is 1.27. The van der Waals surface area contributed by atoms with Gasteiger partial charge in [0, 0.05) is 12.1 Å². The average molecular weight is 235 g/mol. The first-order valence-electron chi connectivity index (χ1n) is 5.39. The quantitative estimate of drug-likeness (QED) is 0.555. The minimum absolute atomic E-state index is 0.171. The maximum Gasteiger partial charge on any atom is 0.332 e. The number of rotatable bonds is 7. The third-order valence-corrected chi connectivity index (χ3v) is 2.40. The van der Waals surface area contributed by atoms with Crippen LogP contribution in [0.4, 0.5) is 0 Å². The summed E-state index contributed by atoms with van der Waals surface area (Å²) in [6.45, 7) is 4.43. The number of aliphatic carboxylic acids is 1. The summed E-state index contributed by atoms with van der Waals surface area (Å²) >= 11 is 0. The molecule has 0 aliphatic rings. The Balaban J connectivity index is 2.36. The highest BCUT2D eigenvalue weighted by Gasteiger charge is 2.04. The summed E-state index contributed by atoms with van der Waals surface area (Å²) in [7, 11) is 1.64. The van der Waals surface area contributed by atoms with Crippen LogP contribution in [0.15, 0.2) is 36.4 Å². The fourth-order valence-electron chi connectivity index (χ4n) is 1.45. The molecule has 17 heavy (non-hydrogen) atoms. The third-order valence-electron chi connectivity index (χ3n) is 2.40. The van der Waals surface area contributed by atoms with E-state index >= 15 is 0 Å². The molecule has 0 spiro atoms. The molecule has 2 N–H and O–H groups in total. The molecule has 1 aromatic carbocycles. The molecule has 0 atom stereocenters. The maximum absolute atomic E-state index is 10.5. The van der Waals surface area contributed by atoms with Crippen molar-refractivity contribution >= 4 is 5.97 Å². The number of carbonyl (C=O) groups is 1. The number of methoxy groups -OCH3 is 1. The van der Waals surface area contributed by atoms with Crippen LogP contribution >= 0.6 is 0 Å². The number of para-hydroxylation sites is 1. The van der Waals surface area contributed by atoms with Crippen molar-refractivity contribution in [2.24, 2.45) is 0 Å².